The van der Waals surface area contributed by atoms with Crippen molar-refractivity contribution in [2.45, 2.75) is 51.5 Å². The fourth-order valence-electron chi connectivity index (χ4n) is 3.14. The van der Waals surface area contributed by atoms with Gasteiger partial charge in [-0.05, 0) is 49.7 Å². The second-order valence-corrected chi connectivity index (χ2v) is 6.99. The number of hydrogen-bond acceptors (Lipinski definition) is 2. The van der Waals surface area contributed by atoms with Crippen LogP contribution in [0.25, 0.3) is 0 Å². The maximum atomic E-state index is 12.6. The highest BCUT2D eigenvalue weighted by atomic mass is 32.1. The third-order valence-corrected chi connectivity index (χ3v) is 5.55. The third-order valence-electron chi connectivity index (χ3n) is 4.46. The second kappa shape index (κ2) is 7.10. The molecule has 1 aromatic carbocycles. The minimum atomic E-state index is 0.113. The Morgan fingerprint density at radius 1 is 1.23 bits per heavy atom. The van der Waals surface area contributed by atoms with Crippen LogP contribution in [0.15, 0.2) is 35.7 Å². The van der Waals surface area contributed by atoms with Gasteiger partial charge in [-0.3, -0.25) is 4.79 Å². The van der Waals surface area contributed by atoms with E-state index < -0.39 is 0 Å². The van der Waals surface area contributed by atoms with Crippen LogP contribution < -0.4 is 5.32 Å². The molecule has 1 atom stereocenters. The summed E-state index contributed by atoms with van der Waals surface area (Å²) in [6, 6.07) is 10.6. The van der Waals surface area contributed by atoms with E-state index in [4.69, 9.17) is 0 Å². The maximum absolute atomic E-state index is 12.6. The van der Waals surface area contributed by atoms with Gasteiger partial charge in [-0.15, -0.1) is 11.3 Å². The van der Waals surface area contributed by atoms with E-state index in [1.54, 1.807) is 11.3 Å². The van der Waals surface area contributed by atoms with E-state index in [1.807, 2.05) is 6.07 Å². The average Bonchev–Trinajstić information content (AvgIpc) is 2.99. The first kappa shape index (κ1) is 15.3. The Morgan fingerprint density at radius 2 is 2.00 bits per heavy atom. The molecule has 1 aliphatic rings. The number of thiophene rings is 1. The first-order valence-corrected chi connectivity index (χ1v) is 9.10. The monoisotopic (exact) mass is 313 g/mol. The molecule has 2 aromatic rings. The summed E-state index contributed by atoms with van der Waals surface area (Å²) < 4.78 is 0. The molecule has 0 saturated heterocycles. The van der Waals surface area contributed by atoms with Crippen LogP contribution in [0, 0.1) is 0 Å². The number of aryl methyl sites for hydroxylation is 1. The summed E-state index contributed by atoms with van der Waals surface area (Å²) in [5, 5.41) is 5.29. The largest absolute Gasteiger partial charge is 0.349 e. The highest BCUT2D eigenvalue weighted by molar-refractivity contribution is 7.10. The van der Waals surface area contributed by atoms with Crippen LogP contribution in [0.1, 0.15) is 52.5 Å². The zero-order chi connectivity index (χ0) is 15.4. The van der Waals surface area contributed by atoms with Crippen molar-refractivity contribution in [1.29, 1.82) is 0 Å². The van der Waals surface area contributed by atoms with Crippen LogP contribution in [-0.4, -0.2) is 11.9 Å². The maximum Gasteiger partial charge on any atom is 0.252 e. The SMILES string of the molecule is CCC(Cc1ccccc1)NC(=O)c1csc2c1CCCC2. The van der Waals surface area contributed by atoms with Crippen LogP contribution in [0.2, 0.25) is 0 Å². The molecule has 1 aliphatic carbocycles. The Kier molecular flexibility index (Phi) is 4.94. The molecular formula is C19H23NOS. The molecule has 1 unspecified atom stereocenters. The number of nitrogens with one attached hydrogen (secondary N) is 1. The lowest BCUT2D eigenvalue weighted by atomic mass is 9.95. The predicted octanol–water partition coefficient (Wildman–Crippen LogP) is 4.38. The van der Waals surface area contributed by atoms with Gasteiger partial charge in [0.15, 0.2) is 0 Å². The molecule has 0 bridgehead atoms. The highest BCUT2D eigenvalue weighted by Gasteiger charge is 2.21. The minimum Gasteiger partial charge on any atom is -0.349 e. The number of benzene rings is 1. The van der Waals surface area contributed by atoms with Crippen molar-refractivity contribution in [3.63, 3.8) is 0 Å². The van der Waals surface area contributed by atoms with Crippen molar-refractivity contribution < 1.29 is 4.79 Å². The Hall–Kier alpha value is -1.61. The standard InChI is InChI=1S/C19H23NOS/c1-2-15(12-14-8-4-3-5-9-14)20-19(21)17-13-22-18-11-7-6-10-16(17)18/h3-5,8-9,13,15H,2,6-7,10-12H2,1H3,(H,20,21). The molecule has 3 rings (SSSR count). The van der Waals surface area contributed by atoms with Gasteiger partial charge in [0.2, 0.25) is 0 Å². The van der Waals surface area contributed by atoms with Gasteiger partial charge in [0, 0.05) is 16.3 Å². The summed E-state index contributed by atoms with van der Waals surface area (Å²) in [5.41, 5.74) is 3.51. The summed E-state index contributed by atoms with van der Waals surface area (Å²) in [5.74, 6) is 0.113. The summed E-state index contributed by atoms with van der Waals surface area (Å²) in [6.07, 6.45) is 6.54. The number of fused-ring (bicyclic) bond motifs is 1. The van der Waals surface area contributed by atoms with E-state index in [1.165, 1.54) is 28.8 Å². The average molecular weight is 313 g/mol. The lowest BCUT2D eigenvalue weighted by molar-refractivity contribution is 0.0935. The smallest absolute Gasteiger partial charge is 0.252 e. The van der Waals surface area contributed by atoms with Crippen molar-refractivity contribution in [1.82, 2.24) is 5.32 Å². The molecule has 1 heterocycles. The van der Waals surface area contributed by atoms with Gasteiger partial charge in [0.25, 0.3) is 5.91 Å². The van der Waals surface area contributed by atoms with E-state index in [-0.39, 0.29) is 11.9 Å². The van der Waals surface area contributed by atoms with Gasteiger partial charge in [0.1, 0.15) is 0 Å². The van der Waals surface area contributed by atoms with E-state index in [2.05, 4.69) is 41.9 Å². The predicted molar refractivity (Wildman–Crippen MR) is 92.7 cm³/mol. The van der Waals surface area contributed by atoms with Crippen molar-refractivity contribution in [2.75, 3.05) is 0 Å². The van der Waals surface area contributed by atoms with Gasteiger partial charge < -0.3 is 5.32 Å². The van der Waals surface area contributed by atoms with Crippen LogP contribution in [-0.2, 0) is 19.3 Å². The van der Waals surface area contributed by atoms with Crippen LogP contribution in [0.5, 0.6) is 0 Å². The molecule has 1 aromatic heterocycles. The van der Waals surface area contributed by atoms with E-state index >= 15 is 0 Å². The second-order valence-electron chi connectivity index (χ2n) is 6.03. The number of hydrogen-bond donors (Lipinski definition) is 1. The zero-order valence-corrected chi connectivity index (χ0v) is 13.9. The molecule has 116 valence electrons. The number of carbonyl (C=O) groups excluding carboxylic acids is 1. The van der Waals surface area contributed by atoms with Crippen LogP contribution >= 0.6 is 11.3 Å². The Labute approximate surface area is 136 Å². The molecule has 2 nitrogen and oxygen atoms in total. The minimum absolute atomic E-state index is 0.113. The van der Waals surface area contributed by atoms with Gasteiger partial charge in [-0.2, -0.15) is 0 Å². The quantitative estimate of drug-likeness (QED) is 0.872. The zero-order valence-electron chi connectivity index (χ0n) is 13.1. The topological polar surface area (TPSA) is 29.1 Å². The molecule has 3 heteroatoms. The first-order valence-electron chi connectivity index (χ1n) is 8.22. The Morgan fingerprint density at radius 3 is 2.77 bits per heavy atom. The normalized spacial score (nSPS) is 15.1. The molecule has 0 spiro atoms. The summed E-state index contributed by atoms with van der Waals surface area (Å²) in [6.45, 7) is 2.14. The lowest BCUT2D eigenvalue weighted by Gasteiger charge is -2.18. The van der Waals surface area contributed by atoms with E-state index in [0.717, 1.165) is 31.2 Å². The lowest BCUT2D eigenvalue weighted by Crippen LogP contribution is -2.36. The Bertz CT molecular complexity index is 632. The van der Waals surface area contributed by atoms with Crippen LogP contribution in [0.3, 0.4) is 0 Å². The number of carbonyl (C=O) groups is 1. The molecular weight excluding hydrogens is 290 g/mol. The van der Waals surface area contributed by atoms with Crippen molar-refractivity contribution in [3.8, 4) is 0 Å². The molecule has 0 saturated carbocycles. The van der Waals surface area contributed by atoms with Gasteiger partial charge in [-0.1, -0.05) is 37.3 Å². The fraction of sp³-hybridized carbons (Fsp3) is 0.421. The van der Waals surface area contributed by atoms with Crippen molar-refractivity contribution >= 4 is 17.2 Å². The molecule has 1 N–H and O–H groups in total. The highest BCUT2D eigenvalue weighted by Crippen LogP contribution is 2.30. The van der Waals surface area contributed by atoms with Crippen molar-refractivity contribution in [2.24, 2.45) is 0 Å². The molecule has 22 heavy (non-hydrogen) atoms. The number of amides is 1. The third kappa shape index (κ3) is 3.41. The fourth-order valence-corrected chi connectivity index (χ4v) is 4.27. The van der Waals surface area contributed by atoms with Gasteiger partial charge in [0.05, 0.1) is 5.56 Å². The van der Waals surface area contributed by atoms with E-state index in [9.17, 15) is 4.79 Å². The molecule has 0 fully saturated rings. The molecule has 0 aliphatic heterocycles. The summed E-state index contributed by atoms with van der Waals surface area (Å²) in [4.78, 5) is 14.1. The summed E-state index contributed by atoms with van der Waals surface area (Å²) >= 11 is 1.76. The van der Waals surface area contributed by atoms with Crippen molar-refractivity contribution in [3.05, 3.63) is 57.3 Å². The first-order chi connectivity index (χ1) is 10.8. The summed E-state index contributed by atoms with van der Waals surface area (Å²) in [7, 11) is 0. The molecule has 0 radical (unpaired) electrons. The molecule has 1 amide bonds. The van der Waals surface area contributed by atoms with Gasteiger partial charge in [-0.25, -0.2) is 0 Å². The van der Waals surface area contributed by atoms with Gasteiger partial charge >= 0.3 is 0 Å². The number of rotatable bonds is 5. The Balaban J connectivity index is 1.68. The van der Waals surface area contributed by atoms with E-state index in [0.29, 0.717) is 0 Å². The van der Waals surface area contributed by atoms with Crippen LogP contribution in [0.4, 0.5) is 0 Å².